The van der Waals surface area contributed by atoms with E-state index in [4.69, 9.17) is 9.47 Å². The third-order valence-electron chi connectivity index (χ3n) is 6.49. The number of aliphatic hydroxyl groups is 1. The normalized spacial score (nSPS) is 19.1. The number of nitrogens with one attached hydrogen (secondary N) is 1. The molecule has 2 atom stereocenters. The van der Waals surface area contributed by atoms with Crippen LogP contribution in [-0.2, 0) is 4.74 Å². The van der Waals surface area contributed by atoms with Crippen molar-refractivity contribution < 1.29 is 32.5 Å². The first-order valence-electron chi connectivity index (χ1n) is 12.5. The summed E-state index contributed by atoms with van der Waals surface area (Å²) in [4.78, 5) is 20.9. The molecule has 0 unspecified atom stereocenters. The number of hydrogen-bond donors (Lipinski definition) is 2. The van der Waals surface area contributed by atoms with Gasteiger partial charge in [-0.1, -0.05) is 6.07 Å². The van der Waals surface area contributed by atoms with Crippen molar-refractivity contribution in [3.8, 4) is 17.0 Å². The van der Waals surface area contributed by atoms with Gasteiger partial charge in [0.05, 0.1) is 19.3 Å². The van der Waals surface area contributed by atoms with E-state index in [-0.39, 0.29) is 13.2 Å². The summed E-state index contributed by atoms with van der Waals surface area (Å²) in [7, 11) is 0. The number of morpholine rings is 1. The van der Waals surface area contributed by atoms with Crippen molar-refractivity contribution in [3.63, 3.8) is 0 Å². The summed E-state index contributed by atoms with van der Waals surface area (Å²) in [5.74, 6) is 0.527. The van der Waals surface area contributed by atoms with Gasteiger partial charge in [-0.05, 0) is 61.1 Å². The van der Waals surface area contributed by atoms with Crippen molar-refractivity contribution in [2.75, 3.05) is 56.2 Å². The van der Waals surface area contributed by atoms with Crippen molar-refractivity contribution >= 4 is 17.5 Å². The second-order valence-electron chi connectivity index (χ2n) is 9.69. The van der Waals surface area contributed by atoms with Gasteiger partial charge in [0.2, 0.25) is 5.88 Å². The van der Waals surface area contributed by atoms with Crippen LogP contribution in [0, 0.1) is 12.8 Å². The number of urea groups is 1. The molecular weight excluding hydrogens is 489 g/mol. The summed E-state index contributed by atoms with van der Waals surface area (Å²) < 4.78 is 49.4. The van der Waals surface area contributed by atoms with Crippen molar-refractivity contribution in [1.29, 1.82) is 0 Å². The van der Waals surface area contributed by atoms with Crippen LogP contribution in [0.3, 0.4) is 0 Å². The number of benzene rings is 1. The molecule has 2 fully saturated rings. The van der Waals surface area contributed by atoms with E-state index in [0.717, 1.165) is 22.5 Å². The maximum Gasteiger partial charge on any atom is 0.389 e. The summed E-state index contributed by atoms with van der Waals surface area (Å²) >= 11 is 0. The predicted molar refractivity (Wildman–Crippen MR) is 134 cm³/mol. The Bertz CT molecular complexity index is 1090. The van der Waals surface area contributed by atoms with Gasteiger partial charge in [0, 0.05) is 44.4 Å². The molecule has 2 N–H and O–H groups in total. The highest BCUT2D eigenvalue weighted by Crippen LogP contribution is 2.33. The molecule has 1 aromatic heterocycles. The monoisotopic (exact) mass is 522 g/mol. The molecule has 0 radical (unpaired) electrons. The van der Waals surface area contributed by atoms with Crippen LogP contribution in [0.4, 0.5) is 29.5 Å². The Balaban J connectivity index is 1.54. The quantitative estimate of drug-likeness (QED) is 0.559. The van der Waals surface area contributed by atoms with Crippen LogP contribution in [0.1, 0.15) is 25.3 Å². The number of ether oxygens (including phenoxy) is 2. The molecule has 2 aliphatic rings. The average molecular weight is 523 g/mol. The van der Waals surface area contributed by atoms with E-state index >= 15 is 0 Å². The smallest absolute Gasteiger partial charge is 0.389 e. The van der Waals surface area contributed by atoms with Crippen LogP contribution in [0.25, 0.3) is 11.1 Å². The van der Waals surface area contributed by atoms with E-state index in [2.05, 4.69) is 15.2 Å². The van der Waals surface area contributed by atoms with E-state index in [1.807, 2.05) is 25.1 Å². The number of nitrogens with zero attached hydrogens (tertiary/aromatic N) is 3. The van der Waals surface area contributed by atoms with Crippen LogP contribution in [0.5, 0.6) is 5.88 Å². The summed E-state index contributed by atoms with van der Waals surface area (Å²) in [5.41, 5.74) is 3.19. The maximum atomic E-state index is 12.8. The van der Waals surface area contributed by atoms with E-state index in [1.54, 1.807) is 19.1 Å². The number of hydrogen-bond acceptors (Lipinski definition) is 6. The number of carbonyl (C=O) groups excluding carboxylic acids is 1. The molecule has 0 bridgehead atoms. The fourth-order valence-corrected chi connectivity index (χ4v) is 4.61. The molecule has 2 aliphatic heterocycles. The van der Waals surface area contributed by atoms with Gasteiger partial charge in [-0.3, -0.25) is 0 Å². The third-order valence-corrected chi connectivity index (χ3v) is 6.49. The van der Waals surface area contributed by atoms with Crippen molar-refractivity contribution in [3.05, 3.63) is 35.9 Å². The molecule has 0 aliphatic carbocycles. The number of aryl methyl sites for hydroxylation is 1. The molecule has 2 aromatic rings. The van der Waals surface area contributed by atoms with Crippen LogP contribution in [0.2, 0.25) is 0 Å². The summed E-state index contributed by atoms with van der Waals surface area (Å²) in [6.45, 7) is 6.62. The van der Waals surface area contributed by atoms with Crippen molar-refractivity contribution in [2.24, 2.45) is 5.92 Å². The highest BCUT2D eigenvalue weighted by molar-refractivity contribution is 5.90. The first-order valence-corrected chi connectivity index (χ1v) is 12.5. The number of pyridine rings is 1. The van der Waals surface area contributed by atoms with Crippen molar-refractivity contribution in [2.45, 2.75) is 39.0 Å². The van der Waals surface area contributed by atoms with Gasteiger partial charge in [-0.2, -0.15) is 18.2 Å². The SMILES string of the molecule is Cc1ccc(NC(=O)N2CC[C@@H](CC(F)(F)F)C2)cc1-c1cc(OC[C@H](C)O)nc(N2CCOCC2)c1. The lowest BCUT2D eigenvalue weighted by molar-refractivity contribution is -0.143. The lowest BCUT2D eigenvalue weighted by atomic mass is 10.0. The van der Waals surface area contributed by atoms with Gasteiger partial charge in [0.15, 0.2) is 0 Å². The molecule has 11 heteroatoms. The molecule has 202 valence electrons. The van der Waals surface area contributed by atoms with Crippen molar-refractivity contribution in [1.82, 2.24) is 9.88 Å². The molecule has 2 amide bonds. The number of alkyl halides is 3. The Morgan fingerprint density at radius 1 is 1.24 bits per heavy atom. The number of aliphatic hydroxyl groups excluding tert-OH is 1. The van der Waals surface area contributed by atoms with E-state index < -0.39 is 30.7 Å². The van der Waals surface area contributed by atoms with Crippen LogP contribution in [-0.4, -0.2) is 79.3 Å². The number of carbonyl (C=O) groups is 1. The average Bonchev–Trinajstić information content (AvgIpc) is 3.31. The zero-order chi connectivity index (χ0) is 26.6. The molecule has 37 heavy (non-hydrogen) atoms. The lowest BCUT2D eigenvalue weighted by Crippen LogP contribution is -2.36. The van der Waals surface area contributed by atoms with Crippen LogP contribution < -0.4 is 15.0 Å². The fourth-order valence-electron chi connectivity index (χ4n) is 4.61. The van der Waals surface area contributed by atoms with Gasteiger partial charge in [-0.15, -0.1) is 0 Å². The summed E-state index contributed by atoms with van der Waals surface area (Å²) in [5, 5.41) is 12.5. The van der Waals surface area contributed by atoms with Gasteiger partial charge < -0.3 is 29.7 Å². The van der Waals surface area contributed by atoms with Gasteiger partial charge in [-0.25, -0.2) is 4.79 Å². The molecule has 4 rings (SSSR count). The Kier molecular flexibility index (Phi) is 8.43. The molecule has 3 heterocycles. The van der Waals surface area contributed by atoms with Gasteiger partial charge in [0.25, 0.3) is 0 Å². The molecule has 8 nitrogen and oxygen atoms in total. The number of halogens is 3. The van der Waals surface area contributed by atoms with Crippen LogP contribution in [0.15, 0.2) is 30.3 Å². The summed E-state index contributed by atoms with van der Waals surface area (Å²) in [6, 6.07) is 8.83. The summed E-state index contributed by atoms with van der Waals surface area (Å²) in [6.07, 6.45) is -5.43. The number of aromatic nitrogens is 1. The molecular formula is C26H33F3N4O4. The number of likely N-dealkylation sites (tertiary alicyclic amines) is 1. The number of anilines is 2. The first-order chi connectivity index (χ1) is 17.6. The molecule has 2 saturated heterocycles. The standard InChI is InChI=1S/C26H33F3N4O4/c1-17-3-4-21(30-25(35)33-6-5-19(15-33)14-26(27,28)29)13-22(17)20-11-23(32-7-9-36-10-8-32)31-24(12-20)37-16-18(2)34/h3-4,11-13,18-19,34H,5-10,14-16H2,1-2H3,(H,30,35)/t18-,19-/m0/s1. The Hall–Kier alpha value is -3.05. The van der Waals surface area contributed by atoms with E-state index in [1.165, 1.54) is 4.90 Å². The zero-order valence-corrected chi connectivity index (χ0v) is 21.1. The molecule has 0 spiro atoms. The highest BCUT2D eigenvalue weighted by atomic mass is 19.4. The number of amides is 2. The molecule has 0 saturated carbocycles. The van der Waals surface area contributed by atoms with Gasteiger partial charge >= 0.3 is 12.2 Å². The Morgan fingerprint density at radius 2 is 2.00 bits per heavy atom. The lowest BCUT2D eigenvalue weighted by Gasteiger charge is -2.28. The second-order valence-corrected chi connectivity index (χ2v) is 9.69. The number of rotatable bonds is 7. The minimum atomic E-state index is -4.23. The topological polar surface area (TPSA) is 87.2 Å². The largest absolute Gasteiger partial charge is 0.475 e. The van der Waals surface area contributed by atoms with Gasteiger partial charge in [0.1, 0.15) is 12.4 Å². The third kappa shape index (κ3) is 7.48. The zero-order valence-electron chi connectivity index (χ0n) is 21.1. The maximum absolute atomic E-state index is 12.8. The minimum absolute atomic E-state index is 0.0846. The second kappa shape index (κ2) is 11.6. The van der Waals surface area contributed by atoms with Crippen LogP contribution >= 0.6 is 0 Å². The van der Waals surface area contributed by atoms with E-state index in [9.17, 15) is 23.1 Å². The Morgan fingerprint density at radius 3 is 2.70 bits per heavy atom. The highest BCUT2D eigenvalue weighted by Gasteiger charge is 2.36. The Labute approximate surface area is 214 Å². The fraction of sp³-hybridized carbons (Fsp3) is 0.538. The van der Waals surface area contributed by atoms with E-state index in [0.29, 0.717) is 50.8 Å². The predicted octanol–water partition coefficient (Wildman–Crippen LogP) is 4.46. The molecule has 1 aromatic carbocycles. The first kappa shape index (κ1) is 27.0. The minimum Gasteiger partial charge on any atom is -0.475 e.